The molecule has 0 saturated carbocycles. The molecule has 112 valence electrons. The minimum absolute atomic E-state index is 0.577. The van der Waals surface area contributed by atoms with Gasteiger partial charge in [-0.1, -0.05) is 18.2 Å². The highest BCUT2D eigenvalue weighted by molar-refractivity contribution is 5.79. The van der Waals surface area contributed by atoms with Gasteiger partial charge in [0.2, 0.25) is 0 Å². The van der Waals surface area contributed by atoms with Crippen LogP contribution in [0.4, 0.5) is 0 Å². The average molecular weight is 279 g/mol. The molecule has 0 amide bonds. The minimum Gasteiger partial charge on any atom is -0.496 e. The summed E-state index contributed by atoms with van der Waals surface area (Å²) in [4.78, 5) is 4.55. The second-order valence-electron chi connectivity index (χ2n) is 4.13. The van der Waals surface area contributed by atoms with Gasteiger partial charge in [-0.3, -0.25) is 0 Å². The van der Waals surface area contributed by atoms with E-state index in [1.54, 1.807) is 7.11 Å². The molecule has 1 rings (SSSR count). The average Bonchev–Trinajstić information content (AvgIpc) is 2.49. The lowest BCUT2D eigenvalue weighted by Gasteiger charge is -2.12. The maximum atomic E-state index is 5.32. The van der Waals surface area contributed by atoms with E-state index in [1.165, 1.54) is 0 Å². The highest BCUT2D eigenvalue weighted by Crippen LogP contribution is 2.17. The van der Waals surface area contributed by atoms with Gasteiger partial charge >= 0.3 is 0 Å². The zero-order valence-electron chi connectivity index (χ0n) is 12.6. The number of rotatable bonds is 8. The Balaban J connectivity index is 2.57. The van der Waals surface area contributed by atoms with E-state index in [0.717, 1.165) is 37.0 Å². The quantitative estimate of drug-likeness (QED) is 0.433. The molecule has 0 aliphatic carbocycles. The number of aliphatic imine (C=N–C) groups is 1. The third-order valence-electron chi connectivity index (χ3n) is 2.69. The van der Waals surface area contributed by atoms with Crippen LogP contribution in [0.25, 0.3) is 0 Å². The zero-order valence-corrected chi connectivity index (χ0v) is 12.6. The summed E-state index contributed by atoms with van der Waals surface area (Å²) in [6.45, 7) is 7.59. The Hall–Kier alpha value is -1.75. The fourth-order valence-corrected chi connectivity index (χ4v) is 1.73. The molecule has 0 radical (unpaired) electrons. The van der Waals surface area contributed by atoms with Crippen molar-refractivity contribution in [3.63, 3.8) is 0 Å². The molecule has 0 atom stereocenters. The lowest BCUT2D eigenvalue weighted by Crippen LogP contribution is -2.39. The standard InChI is InChI=1S/C15H25N3O2/c1-4-16-15(17-10-11-20-5-2)18-12-13-8-6-7-9-14(13)19-3/h6-9H,4-5,10-12H2,1-3H3,(H2,16,17,18). The second-order valence-corrected chi connectivity index (χ2v) is 4.13. The molecule has 0 saturated heterocycles. The Bertz CT molecular complexity index is 408. The molecule has 0 spiro atoms. The fraction of sp³-hybridized carbons (Fsp3) is 0.533. The van der Waals surface area contributed by atoms with E-state index in [-0.39, 0.29) is 0 Å². The monoisotopic (exact) mass is 279 g/mol. The molecular formula is C15H25N3O2. The summed E-state index contributed by atoms with van der Waals surface area (Å²) in [5.41, 5.74) is 1.07. The molecule has 20 heavy (non-hydrogen) atoms. The van der Waals surface area contributed by atoms with Crippen molar-refractivity contribution in [3.05, 3.63) is 29.8 Å². The SMILES string of the molecule is CCNC(=NCc1ccccc1OC)NCCOCC. The van der Waals surface area contributed by atoms with Crippen LogP contribution in [0.15, 0.2) is 29.3 Å². The van der Waals surface area contributed by atoms with E-state index in [0.29, 0.717) is 13.2 Å². The normalized spacial score (nSPS) is 11.2. The molecule has 5 nitrogen and oxygen atoms in total. The van der Waals surface area contributed by atoms with Gasteiger partial charge < -0.3 is 20.1 Å². The number of hydrogen-bond donors (Lipinski definition) is 2. The first-order chi connectivity index (χ1) is 9.81. The number of nitrogens with one attached hydrogen (secondary N) is 2. The van der Waals surface area contributed by atoms with Gasteiger partial charge in [0.25, 0.3) is 0 Å². The summed E-state index contributed by atoms with van der Waals surface area (Å²) in [6.07, 6.45) is 0. The Morgan fingerprint density at radius 2 is 2.00 bits per heavy atom. The van der Waals surface area contributed by atoms with Crippen LogP contribution in [-0.2, 0) is 11.3 Å². The predicted octanol–water partition coefficient (Wildman–Crippen LogP) is 1.79. The molecule has 0 unspecified atom stereocenters. The Labute approximate surface area is 121 Å². The molecule has 0 bridgehead atoms. The summed E-state index contributed by atoms with van der Waals surface area (Å²) in [6, 6.07) is 7.91. The third kappa shape index (κ3) is 5.93. The van der Waals surface area contributed by atoms with Crippen LogP contribution >= 0.6 is 0 Å². The Kier molecular flexibility index (Phi) is 8.22. The molecule has 0 heterocycles. The van der Waals surface area contributed by atoms with Crippen molar-refractivity contribution >= 4 is 5.96 Å². The highest BCUT2D eigenvalue weighted by atomic mass is 16.5. The van der Waals surface area contributed by atoms with Crippen LogP contribution in [0, 0.1) is 0 Å². The molecule has 0 aromatic heterocycles. The molecule has 2 N–H and O–H groups in total. The van der Waals surface area contributed by atoms with Crippen molar-refractivity contribution in [3.8, 4) is 5.75 Å². The first-order valence-corrected chi connectivity index (χ1v) is 7.03. The van der Waals surface area contributed by atoms with Crippen molar-refractivity contribution < 1.29 is 9.47 Å². The van der Waals surface area contributed by atoms with E-state index in [2.05, 4.69) is 15.6 Å². The largest absolute Gasteiger partial charge is 0.496 e. The number of guanidine groups is 1. The third-order valence-corrected chi connectivity index (χ3v) is 2.69. The first kappa shape index (κ1) is 16.3. The second kappa shape index (κ2) is 10.1. The van der Waals surface area contributed by atoms with Gasteiger partial charge in [-0.2, -0.15) is 0 Å². The van der Waals surface area contributed by atoms with Crippen LogP contribution in [0.1, 0.15) is 19.4 Å². The maximum Gasteiger partial charge on any atom is 0.191 e. The van der Waals surface area contributed by atoms with Crippen LogP contribution in [0.2, 0.25) is 0 Å². The summed E-state index contributed by atoms with van der Waals surface area (Å²) < 4.78 is 10.6. The van der Waals surface area contributed by atoms with Crippen molar-refractivity contribution in [1.82, 2.24) is 10.6 Å². The molecule has 0 fully saturated rings. The molecule has 1 aromatic carbocycles. The van der Waals surface area contributed by atoms with E-state index in [9.17, 15) is 0 Å². The highest BCUT2D eigenvalue weighted by Gasteiger charge is 2.01. The topological polar surface area (TPSA) is 54.9 Å². The van der Waals surface area contributed by atoms with E-state index < -0.39 is 0 Å². The summed E-state index contributed by atoms with van der Waals surface area (Å²) in [5, 5.41) is 6.45. The summed E-state index contributed by atoms with van der Waals surface area (Å²) >= 11 is 0. The number of nitrogens with zero attached hydrogens (tertiary/aromatic N) is 1. The maximum absolute atomic E-state index is 5.32. The molecule has 5 heteroatoms. The van der Waals surface area contributed by atoms with Gasteiger partial charge in [-0.25, -0.2) is 4.99 Å². The Morgan fingerprint density at radius 3 is 2.70 bits per heavy atom. The van der Waals surface area contributed by atoms with Crippen molar-refractivity contribution in [2.75, 3.05) is 33.4 Å². The van der Waals surface area contributed by atoms with Crippen LogP contribution in [0.5, 0.6) is 5.75 Å². The van der Waals surface area contributed by atoms with Crippen LogP contribution in [-0.4, -0.2) is 39.4 Å². The van der Waals surface area contributed by atoms with Gasteiger partial charge in [0.15, 0.2) is 5.96 Å². The number of hydrogen-bond acceptors (Lipinski definition) is 3. The van der Waals surface area contributed by atoms with Gasteiger partial charge in [0.1, 0.15) is 5.75 Å². The van der Waals surface area contributed by atoms with E-state index in [4.69, 9.17) is 9.47 Å². The smallest absolute Gasteiger partial charge is 0.191 e. The summed E-state index contributed by atoms with van der Waals surface area (Å²) in [5.74, 6) is 1.65. The van der Waals surface area contributed by atoms with Gasteiger partial charge in [-0.05, 0) is 19.9 Å². The van der Waals surface area contributed by atoms with Gasteiger partial charge in [0.05, 0.1) is 20.3 Å². The van der Waals surface area contributed by atoms with E-state index in [1.807, 2.05) is 38.1 Å². The van der Waals surface area contributed by atoms with Crippen LogP contribution in [0.3, 0.4) is 0 Å². The number of para-hydroxylation sites is 1. The lowest BCUT2D eigenvalue weighted by molar-refractivity contribution is 0.152. The lowest BCUT2D eigenvalue weighted by atomic mass is 10.2. The van der Waals surface area contributed by atoms with E-state index >= 15 is 0 Å². The van der Waals surface area contributed by atoms with Crippen molar-refractivity contribution in [2.45, 2.75) is 20.4 Å². The predicted molar refractivity (Wildman–Crippen MR) is 82.3 cm³/mol. The zero-order chi connectivity index (χ0) is 14.6. The van der Waals surface area contributed by atoms with Crippen molar-refractivity contribution in [1.29, 1.82) is 0 Å². The molecule has 0 aliphatic heterocycles. The van der Waals surface area contributed by atoms with Crippen LogP contribution < -0.4 is 15.4 Å². The fourth-order valence-electron chi connectivity index (χ4n) is 1.73. The number of ether oxygens (including phenoxy) is 2. The minimum atomic E-state index is 0.577. The van der Waals surface area contributed by atoms with Gasteiger partial charge in [-0.15, -0.1) is 0 Å². The van der Waals surface area contributed by atoms with Crippen molar-refractivity contribution in [2.24, 2.45) is 4.99 Å². The number of benzene rings is 1. The molecular weight excluding hydrogens is 254 g/mol. The molecule has 1 aromatic rings. The van der Waals surface area contributed by atoms with Gasteiger partial charge in [0, 0.05) is 25.3 Å². The first-order valence-electron chi connectivity index (χ1n) is 7.03. The number of methoxy groups -OCH3 is 1. The Morgan fingerprint density at radius 1 is 1.20 bits per heavy atom. The summed E-state index contributed by atoms with van der Waals surface area (Å²) in [7, 11) is 1.67. The molecule has 0 aliphatic rings.